The minimum atomic E-state index is 0.189. The van der Waals surface area contributed by atoms with Crippen LogP contribution in [0.4, 0.5) is 0 Å². The SMILES string of the molecule is Cn1cc(CN2C[C@@H](N)[C@H](c3ccccc3)C2)c(-c2cccs2)n1. The van der Waals surface area contributed by atoms with Crippen molar-refractivity contribution in [3.05, 3.63) is 65.2 Å². The maximum Gasteiger partial charge on any atom is 0.107 e. The van der Waals surface area contributed by atoms with Crippen LogP contribution in [0.5, 0.6) is 0 Å². The number of aryl methyl sites for hydroxylation is 1. The Morgan fingerprint density at radius 1 is 1.17 bits per heavy atom. The van der Waals surface area contributed by atoms with E-state index in [1.165, 1.54) is 16.0 Å². The lowest BCUT2D eigenvalue weighted by molar-refractivity contribution is 0.324. The summed E-state index contributed by atoms with van der Waals surface area (Å²) in [6, 6.07) is 15.0. The van der Waals surface area contributed by atoms with E-state index in [-0.39, 0.29) is 6.04 Å². The van der Waals surface area contributed by atoms with E-state index in [1.807, 2.05) is 11.7 Å². The zero-order valence-corrected chi connectivity index (χ0v) is 14.6. The summed E-state index contributed by atoms with van der Waals surface area (Å²) in [5.41, 5.74) is 10.2. The Kier molecular flexibility index (Phi) is 4.22. The van der Waals surface area contributed by atoms with E-state index >= 15 is 0 Å². The van der Waals surface area contributed by atoms with Crippen molar-refractivity contribution in [2.24, 2.45) is 12.8 Å². The summed E-state index contributed by atoms with van der Waals surface area (Å²) in [7, 11) is 1.99. The molecule has 0 bridgehead atoms. The van der Waals surface area contributed by atoms with Crippen molar-refractivity contribution in [1.82, 2.24) is 14.7 Å². The molecule has 0 amide bonds. The third kappa shape index (κ3) is 3.02. The normalized spacial score (nSPS) is 21.4. The van der Waals surface area contributed by atoms with Gasteiger partial charge in [-0.15, -0.1) is 11.3 Å². The molecule has 0 aliphatic carbocycles. The van der Waals surface area contributed by atoms with Crippen molar-refractivity contribution in [2.45, 2.75) is 18.5 Å². The second-order valence-electron chi connectivity index (χ2n) is 6.53. The minimum absolute atomic E-state index is 0.189. The molecule has 4 rings (SSSR count). The molecule has 0 spiro atoms. The first kappa shape index (κ1) is 15.6. The first-order valence-corrected chi connectivity index (χ1v) is 9.18. The van der Waals surface area contributed by atoms with Crippen LogP contribution < -0.4 is 5.73 Å². The van der Waals surface area contributed by atoms with Gasteiger partial charge in [-0.2, -0.15) is 5.10 Å². The Bertz CT molecular complexity index is 794. The van der Waals surface area contributed by atoms with Crippen LogP contribution in [0.1, 0.15) is 17.0 Å². The topological polar surface area (TPSA) is 47.1 Å². The maximum absolute atomic E-state index is 6.43. The van der Waals surface area contributed by atoms with Gasteiger partial charge in [0.05, 0.1) is 4.88 Å². The van der Waals surface area contributed by atoms with E-state index in [9.17, 15) is 0 Å². The average molecular weight is 338 g/mol. The second-order valence-corrected chi connectivity index (χ2v) is 7.48. The molecule has 3 aromatic rings. The molecule has 4 nitrogen and oxygen atoms in total. The monoisotopic (exact) mass is 338 g/mol. The molecule has 2 atom stereocenters. The third-order valence-electron chi connectivity index (χ3n) is 4.72. The summed E-state index contributed by atoms with van der Waals surface area (Å²) in [5.74, 6) is 0.410. The molecule has 2 aromatic heterocycles. The Labute approximate surface area is 146 Å². The summed E-state index contributed by atoms with van der Waals surface area (Å²) in [6.07, 6.45) is 2.14. The lowest BCUT2D eigenvalue weighted by atomic mass is 9.95. The first-order valence-electron chi connectivity index (χ1n) is 8.30. The predicted molar refractivity (Wildman–Crippen MR) is 99.0 cm³/mol. The highest BCUT2D eigenvalue weighted by Gasteiger charge is 2.31. The highest BCUT2D eigenvalue weighted by atomic mass is 32.1. The Balaban J connectivity index is 1.53. The predicted octanol–water partition coefficient (Wildman–Crippen LogP) is 3.08. The third-order valence-corrected chi connectivity index (χ3v) is 5.60. The van der Waals surface area contributed by atoms with Gasteiger partial charge in [-0.05, 0) is 17.0 Å². The van der Waals surface area contributed by atoms with Gasteiger partial charge in [-0.3, -0.25) is 9.58 Å². The molecular weight excluding hydrogens is 316 g/mol. The smallest absolute Gasteiger partial charge is 0.107 e. The van der Waals surface area contributed by atoms with Crippen molar-refractivity contribution >= 4 is 11.3 Å². The molecular formula is C19H22N4S. The molecule has 2 N–H and O–H groups in total. The number of hydrogen-bond acceptors (Lipinski definition) is 4. The quantitative estimate of drug-likeness (QED) is 0.795. The van der Waals surface area contributed by atoms with Crippen molar-refractivity contribution in [2.75, 3.05) is 13.1 Å². The zero-order chi connectivity index (χ0) is 16.5. The molecule has 0 radical (unpaired) electrons. The summed E-state index contributed by atoms with van der Waals surface area (Å²) in [6.45, 7) is 2.83. The number of aromatic nitrogens is 2. The second kappa shape index (κ2) is 6.51. The summed E-state index contributed by atoms with van der Waals surface area (Å²) in [4.78, 5) is 3.69. The number of hydrogen-bond donors (Lipinski definition) is 1. The lowest BCUT2D eigenvalue weighted by Gasteiger charge is -2.16. The molecule has 1 aliphatic rings. The van der Waals surface area contributed by atoms with Gasteiger partial charge in [-0.1, -0.05) is 36.4 Å². The molecule has 1 saturated heterocycles. The zero-order valence-electron chi connectivity index (χ0n) is 13.8. The van der Waals surface area contributed by atoms with Crippen LogP contribution in [-0.2, 0) is 13.6 Å². The molecule has 24 heavy (non-hydrogen) atoms. The fourth-order valence-corrected chi connectivity index (χ4v) is 4.35. The maximum atomic E-state index is 6.43. The molecule has 1 aliphatic heterocycles. The molecule has 0 unspecified atom stereocenters. The van der Waals surface area contributed by atoms with E-state index in [1.54, 1.807) is 11.3 Å². The highest BCUT2D eigenvalue weighted by Crippen LogP contribution is 2.31. The van der Waals surface area contributed by atoms with E-state index in [4.69, 9.17) is 5.73 Å². The molecule has 1 aromatic carbocycles. The van der Waals surface area contributed by atoms with Crippen molar-refractivity contribution in [3.8, 4) is 10.6 Å². The first-order chi connectivity index (χ1) is 11.7. The van der Waals surface area contributed by atoms with Crippen LogP contribution in [-0.4, -0.2) is 33.8 Å². The Morgan fingerprint density at radius 2 is 2.00 bits per heavy atom. The summed E-state index contributed by atoms with van der Waals surface area (Å²) >= 11 is 1.74. The Morgan fingerprint density at radius 3 is 2.75 bits per heavy atom. The van der Waals surface area contributed by atoms with E-state index in [0.717, 1.165) is 25.3 Å². The van der Waals surface area contributed by atoms with Gasteiger partial charge in [0.2, 0.25) is 0 Å². The average Bonchev–Trinajstić information content (AvgIpc) is 3.29. The van der Waals surface area contributed by atoms with Crippen molar-refractivity contribution in [1.29, 1.82) is 0 Å². The molecule has 3 heterocycles. The molecule has 1 fully saturated rings. The van der Waals surface area contributed by atoms with Gasteiger partial charge < -0.3 is 5.73 Å². The van der Waals surface area contributed by atoms with Gasteiger partial charge in [-0.25, -0.2) is 0 Å². The number of thiophene rings is 1. The van der Waals surface area contributed by atoms with Crippen LogP contribution in [0.2, 0.25) is 0 Å². The lowest BCUT2D eigenvalue weighted by Crippen LogP contribution is -2.28. The number of rotatable bonds is 4. The number of benzene rings is 1. The van der Waals surface area contributed by atoms with Crippen LogP contribution >= 0.6 is 11.3 Å². The van der Waals surface area contributed by atoms with E-state index in [0.29, 0.717) is 5.92 Å². The molecule has 0 saturated carbocycles. The van der Waals surface area contributed by atoms with Crippen LogP contribution in [0.15, 0.2) is 54.0 Å². The largest absolute Gasteiger partial charge is 0.326 e. The van der Waals surface area contributed by atoms with Crippen LogP contribution in [0.25, 0.3) is 10.6 Å². The molecule has 124 valence electrons. The Hall–Kier alpha value is -1.95. The van der Waals surface area contributed by atoms with Gasteiger partial charge in [0.1, 0.15) is 5.69 Å². The van der Waals surface area contributed by atoms with Crippen molar-refractivity contribution in [3.63, 3.8) is 0 Å². The van der Waals surface area contributed by atoms with Gasteiger partial charge in [0.15, 0.2) is 0 Å². The fourth-order valence-electron chi connectivity index (χ4n) is 3.61. The van der Waals surface area contributed by atoms with Gasteiger partial charge in [0, 0.05) is 50.4 Å². The summed E-state index contributed by atoms with van der Waals surface area (Å²) < 4.78 is 1.91. The van der Waals surface area contributed by atoms with Crippen LogP contribution in [0, 0.1) is 0 Å². The minimum Gasteiger partial charge on any atom is -0.326 e. The number of nitrogens with zero attached hydrogens (tertiary/aromatic N) is 3. The van der Waals surface area contributed by atoms with Gasteiger partial charge >= 0.3 is 0 Å². The standard InChI is InChI=1S/C19H22N4S/c1-22-10-15(19(21-22)18-8-5-9-24-18)11-23-12-16(17(20)13-23)14-6-3-2-4-7-14/h2-10,16-17H,11-13,20H2,1H3/t16-,17+/m0/s1. The van der Waals surface area contributed by atoms with Crippen molar-refractivity contribution < 1.29 is 0 Å². The number of likely N-dealkylation sites (tertiary alicyclic amines) is 1. The number of nitrogens with two attached hydrogens (primary N) is 1. The summed E-state index contributed by atoms with van der Waals surface area (Å²) in [5, 5.41) is 6.76. The fraction of sp³-hybridized carbons (Fsp3) is 0.316. The highest BCUT2D eigenvalue weighted by molar-refractivity contribution is 7.13. The van der Waals surface area contributed by atoms with Gasteiger partial charge in [0.25, 0.3) is 0 Å². The van der Waals surface area contributed by atoms with E-state index < -0.39 is 0 Å². The molecule has 5 heteroatoms. The van der Waals surface area contributed by atoms with E-state index in [2.05, 4.69) is 64.0 Å². The van der Waals surface area contributed by atoms with Crippen LogP contribution in [0.3, 0.4) is 0 Å².